The molecule has 1 unspecified atom stereocenters. The van der Waals surface area contributed by atoms with E-state index in [9.17, 15) is 9.59 Å². The summed E-state index contributed by atoms with van der Waals surface area (Å²) in [7, 11) is 0. The first-order chi connectivity index (χ1) is 8.82. The minimum absolute atomic E-state index is 0.0113. The number of nitrogens with one attached hydrogen (secondary N) is 2. The van der Waals surface area contributed by atoms with E-state index in [1.165, 1.54) is 0 Å². The van der Waals surface area contributed by atoms with Crippen molar-refractivity contribution in [1.82, 2.24) is 10.6 Å². The van der Waals surface area contributed by atoms with Crippen molar-refractivity contribution in [2.45, 2.75) is 32.9 Å². The highest BCUT2D eigenvalue weighted by molar-refractivity contribution is 6.34. The van der Waals surface area contributed by atoms with Crippen molar-refractivity contribution in [2.24, 2.45) is 0 Å². The lowest BCUT2D eigenvalue weighted by Crippen LogP contribution is -2.46. The molecule has 1 aromatic rings. The van der Waals surface area contributed by atoms with Crippen LogP contribution in [-0.2, 0) is 4.79 Å². The monoisotopic (exact) mass is 283 g/mol. The molecule has 0 saturated carbocycles. The molecular weight excluding hydrogens is 266 g/mol. The summed E-state index contributed by atoms with van der Waals surface area (Å²) in [6, 6.07) is 4.16. The number of amides is 2. The van der Waals surface area contributed by atoms with Gasteiger partial charge < -0.3 is 16.4 Å². The summed E-state index contributed by atoms with van der Waals surface area (Å²) >= 11 is 5.93. The Kier molecular flexibility index (Phi) is 5.18. The van der Waals surface area contributed by atoms with Crippen molar-refractivity contribution < 1.29 is 9.59 Å². The van der Waals surface area contributed by atoms with Crippen LogP contribution in [0.25, 0.3) is 0 Å². The predicted octanol–water partition coefficient (Wildman–Crippen LogP) is 1.57. The minimum Gasteiger partial charge on any atom is -0.398 e. The van der Waals surface area contributed by atoms with E-state index in [1.807, 2.05) is 13.8 Å². The van der Waals surface area contributed by atoms with Crippen molar-refractivity contribution >= 4 is 29.1 Å². The van der Waals surface area contributed by atoms with Crippen molar-refractivity contribution in [2.75, 3.05) is 5.73 Å². The molecule has 4 N–H and O–H groups in total. The number of hydrogen-bond acceptors (Lipinski definition) is 3. The van der Waals surface area contributed by atoms with Gasteiger partial charge in [0.2, 0.25) is 5.91 Å². The van der Waals surface area contributed by atoms with Crippen LogP contribution in [0, 0.1) is 0 Å². The number of benzene rings is 1. The topological polar surface area (TPSA) is 84.2 Å². The quantitative estimate of drug-likeness (QED) is 0.733. The van der Waals surface area contributed by atoms with Gasteiger partial charge in [0.25, 0.3) is 5.91 Å². The number of anilines is 1. The lowest BCUT2D eigenvalue weighted by Gasteiger charge is -2.17. The third kappa shape index (κ3) is 4.13. The Bertz CT molecular complexity index is 469. The van der Waals surface area contributed by atoms with Crippen LogP contribution in [0.1, 0.15) is 31.1 Å². The Balaban J connectivity index is 2.77. The standard InChI is InChI=1S/C13H18ClN3O2/c1-7(2)16-12(18)8(3)17-13(19)11-9(14)5-4-6-10(11)15/h4-8H,15H2,1-3H3,(H,16,18)(H,17,19). The van der Waals surface area contributed by atoms with Gasteiger partial charge in [0, 0.05) is 11.7 Å². The number of carbonyl (C=O) groups is 2. The second kappa shape index (κ2) is 6.43. The van der Waals surface area contributed by atoms with Gasteiger partial charge in [-0.2, -0.15) is 0 Å². The van der Waals surface area contributed by atoms with Crippen LogP contribution in [0.4, 0.5) is 5.69 Å². The van der Waals surface area contributed by atoms with Gasteiger partial charge in [-0.3, -0.25) is 9.59 Å². The number of hydrogen-bond donors (Lipinski definition) is 3. The van der Waals surface area contributed by atoms with Gasteiger partial charge in [-0.15, -0.1) is 0 Å². The fourth-order valence-electron chi connectivity index (χ4n) is 1.52. The summed E-state index contributed by atoms with van der Waals surface area (Å²) in [6.07, 6.45) is 0. The van der Waals surface area contributed by atoms with Gasteiger partial charge in [-0.05, 0) is 32.9 Å². The van der Waals surface area contributed by atoms with Gasteiger partial charge in [0.1, 0.15) is 6.04 Å². The summed E-state index contributed by atoms with van der Waals surface area (Å²) in [6.45, 7) is 5.29. The molecule has 0 heterocycles. The fourth-order valence-corrected chi connectivity index (χ4v) is 1.79. The largest absolute Gasteiger partial charge is 0.398 e. The average Bonchev–Trinajstić information content (AvgIpc) is 2.27. The maximum Gasteiger partial charge on any atom is 0.255 e. The van der Waals surface area contributed by atoms with Crippen molar-refractivity contribution in [3.8, 4) is 0 Å². The van der Waals surface area contributed by atoms with E-state index < -0.39 is 11.9 Å². The van der Waals surface area contributed by atoms with E-state index in [-0.39, 0.29) is 28.2 Å². The molecular formula is C13H18ClN3O2. The SMILES string of the molecule is CC(C)NC(=O)C(C)NC(=O)c1c(N)cccc1Cl. The van der Waals surface area contributed by atoms with Gasteiger partial charge in [0.05, 0.1) is 10.6 Å². The molecule has 2 amide bonds. The summed E-state index contributed by atoms with van der Waals surface area (Å²) in [5, 5.41) is 5.54. The van der Waals surface area contributed by atoms with E-state index in [0.29, 0.717) is 0 Å². The van der Waals surface area contributed by atoms with Crippen LogP contribution in [0.5, 0.6) is 0 Å². The Labute approximate surface area is 117 Å². The van der Waals surface area contributed by atoms with Crippen LogP contribution in [0.2, 0.25) is 5.02 Å². The van der Waals surface area contributed by atoms with Crippen molar-refractivity contribution in [3.63, 3.8) is 0 Å². The molecule has 5 nitrogen and oxygen atoms in total. The Hall–Kier alpha value is -1.75. The van der Waals surface area contributed by atoms with Crippen LogP contribution in [0.3, 0.4) is 0 Å². The first-order valence-electron chi connectivity index (χ1n) is 5.98. The third-order valence-electron chi connectivity index (χ3n) is 2.44. The molecule has 1 rings (SSSR count). The second-order valence-corrected chi connectivity index (χ2v) is 4.97. The number of nitrogen functional groups attached to an aromatic ring is 1. The maximum absolute atomic E-state index is 12.0. The smallest absolute Gasteiger partial charge is 0.255 e. The van der Waals surface area contributed by atoms with Crippen molar-refractivity contribution in [1.29, 1.82) is 0 Å². The van der Waals surface area contributed by atoms with Gasteiger partial charge in [-0.1, -0.05) is 17.7 Å². The van der Waals surface area contributed by atoms with E-state index in [1.54, 1.807) is 25.1 Å². The minimum atomic E-state index is -0.662. The second-order valence-electron chi connectivity index (χ2n) is 4.56. The van der Waals surface area contributed by atoms with E-state index in [2.05, 4.69) is 10.6 Å². The highest BCUT2D eigenvalue weighted by Crippen LogP contribution is 2.21. The zero-order valence-corrected chi connectivity index (χ0v) is 11.9. The Morgan fingerprint density at radius 1 is 1.21 bits per heavy atom. The van der Waals surface area contributed by atoms with Crippen LogP contribution >= 0.6 is 11.6 Å². The number of rotatable bonds is 4. The molecule has 0 spiro atoms. The normalized spacial score (nSPS) is 12.1. The highest BCUT2D eigenvalue weighted by Gasteiger charge is 2.20. The molecule has 0 radical (unpaired) electrons. The molecule has 1 atom stereocenters. The maximum atomic E-state index is 12.0. The van der Waals surface area contributed by atoms with Gasteiger partial charge >= 0.3 is 0 Å². The molecule has 19 heavy (non-hydrogen) atoms. The molecule has 0 saturated heterocycles. The van der Waals surface area contributed by atoms with Gasteiger partial charge in [-0.25, -0.2) is 0 Å². The summed E-state index contributed by atoms with van der Waals surface area (Å²) in [5.41, 5.74) is 6.18. The number of halogens is 1. The van der Waals surface area contributed by atoms with Crippen LogP contribution < -0.4 is 16.4 Å². The summed E-state index contributed by atoms with van der Waals surface area (Å²) < 4.78 is 0. The Morgan fingerprint density at radius 2 is 1.84 bits per heavy atom. The highest BCUT2D eigenvalue weighted by atomic mass is 35.5. The lowest BCUT2D eigenvalue weighted by molar-refractivity contribution is -0.123. The third-order valence-corrected chi connectivity index (χ3v) is 2.76. The molecule has 0 bridgehead atoms. The predicted molar refractivity (Wildman–Crippen MR) is 76.1 cm³/mol. The average molecular weight is 284 g/mol. The molecule has 0 aliphatic carbocycles. The molecule has 0 fully saturated rings. The zero-order valence-electron chi connectivity index (χ0n) is 11.2. The van der Waals surface area contributed by atoms with Crippen LogP contribution in [0.15, 0.2) is 18.2 Å². The van der Waals surface area contributed by atoms with E-state index in [4.69, 9.17) is 17.3 Å². The first-order valence-corrected chi connectivity index (χ1v) is 6.36. The molecule has 0 aliphatic heterocycles. The first kappa shape index (κ1) is 15.3. The zero-order chi connectivity index (χ0) is 14.6. The van der Waals surface area contributed by atoms with Crippen molar-refractivity contribution in [3.05, 3.63) is 28.8 Å². The summed E-state index contributed by atoms with van der Waals surface area (Å²) in [4.78, 5) is 23.7. The van der Waals surface area contributed by atoms with E-state index in [0.717, 1.165) is 0 Å². The van der Waals surface area contributed by atoms with Gasteiger partial charge in [0.15, 0.2) is 0 Å². The fraction of sp³-hybridized carbons (Fsp3) is 0.385. The molecule has 104 valence electrons. The van der Waals surface area contributed by atoms with E-state index >= 15 is 0 Å². The molecule has 1 aromatic carbocycles. The lowest BCUT2D eigenvalue weighted by atomic mass is 10.1. The summed E-state index contributed by atoms with van der Waals surface area (Å²) in [5.74, 6) is -0.719. The number of nitrogens with two attached hydrogens (primary N) is 1. The van der Waals surface area contributed by atoms with Crippen LogP contribution in [-0.4, -0.2) is 23.9 Å². The Morgan fingerprint density at radius 3 is 2.37 bits per heavy atom. The number of carbonyl (C=O) groups excluding carboxylic acids is 2. The molecule has 6 heteroatoms. The molecule has 0 aliphatic rings. The molecule has 0 aromatic heterocycles.